The van der Waals surface area contributed by atoms with E-state index in [9.17, 15) is 18.5 Å². The van der Waals surface area contributed by atoms with Crippen LogP contribution in [0.25, 0.3) is 0 Å². The lowest BCUT2D eigenvalue weighted by Crippen LogP contribution is -2.24. The number of hydrogen-bond donors (Lipinski definition) is 1. The quantitative estimate of drug-likeness (QED) is 0.604. The Balaban J connectivity index is 2.29. The molecule has 9 heteroatoms. The minimum absolute atomic E-state index is 0.00644. The fourth-order valence-electron chi connectivity index (χ4n) is 2.09. The number of nitrogens with one attached hydrogen (secondary N) is 1. The molecule has 0 saturated carbocycles. The summed E-state index contributed by atoms with van der Waals surface area (Å²) < 4.78 is 37.5. The summed E-state index contributed by atoms with van der Waals surface area (Å²) in [6.45, 7) is 0.00644. The first-order valence-electron chi connectivity index (χ1n) is 6.83. The van der Waals surface area contributed by atoms with Crippen molar-refractivity contribution in [3.05, 3.63) is 58.1 Å². The number of non-ortho nitro benzene ring substituents is 1. The third kappa shape index (κ3) is 3.81. The van der Waals surface area contributed by atoms with Gasteiger partial charge in [-0.2, -0.15) is 0 Å². The molecule has 0 heterocycles. The van der Waals surface area contributed by atoms with Crippen molar-refractivity contribution >= 4 is 15.7 Å². The van der Waals surface area contributed by atoms with E-state index in [-0.39, 0.29) is 22.9 Å². The van der Waals surface area contributed by atoms with E-state index >= 15 is 0 Å². The number of ether oxygens (including phenoxy) is 2. The normalized spacial score (nSPS) is 11.1. The number of rotatable bonds is 7. The van der Waals surface area contributed by atoms with Crippen LogP contribution in [0.1, 0.15) is 5.56 Å². The molecule has 2 aromatic rings. The minimum atomic E-state index is -3.92. The van der Waals surface area contributed by atoms with E-state index in [1.54, 1.807) is 24.3 Å². The molecule has 0 amide bonds. The first-order chi connectivity index (χ1) is 11.4. The third-order valence-corrected chi connectivity index (χ3v) is 4.73. The van der Waals surface area contributed by atoms with Gasteiger partial charge in [-0.15, -0.1) is 0 Å². The van der Waals surface area contributed by atoms with Gasteiger partial charge in [0.2, 0.25) is 10.0 Å². The zero-order chi connectivity index (χ0) is 17.7. The van der Waals surface area contributed by atoms with Crippen LogP contribution >= 0.6 is 0 Å². The maximum absolute atomic E-state index is 12.5. The second-order valence-corrected chi connectivity index (χ2v) is 6.46. The molecule has 1 N–H and O–H groups in total. The monoisotopic (exact) mass is 352 g/mol. The van der Waals surface area contributed by atoms with Crippen LogP contribution in [0.5, 0.6) is 11.5 Å². The van der Waals surface area contributed by atoms with Gasteiger partial charge in [0.1, 0.15) is 16.4 Å². The van der Waals surface area contributed by atoms with E-state index in [1.165, 1.54) is 14.2 Å². The molecular formula is C15H16N2O6S. The Labute approximate surface area is 139 Å². The Bertz CT molecular complexity index is 851. The van der Waals surface area contributed by atoms with Gasteiger partial charge in [0, 0.05) is 18.2 Å². The summed E-state index contributed by atoms with van der Waals surface area (Å²) >= 11 is 0. The van der Waals surface area contributed by atoms with Crippen LogP contribution in [0.3, 0.4) is 0 Å². The van der Waals surface area contributed by atoms with E-state index < -0.39 is 14.9 Å². The predicted molar refractivity (Wildman–Crippen MR) is 86.7 cm³/mol. The Morgan fingerprint density at radius 1 is 1.08 bits per heavy atom. The van der Waals surface area contributed by atoms with Gasteiger partial charge in [-0.3, -0.25) is 10.1 Å². The largest absolute Gasteiger partial charge is 0.496 e. The number of nitro benzene ring substituents is 1. The van der Waals surface area contributed by atoms with E-state index in [4.69, 9.17) is 9.47 Å². The van der Waals surface area contributed by atoms with Crippen LogP contribution in [0.4, 0.5) is 5.69 Å². The molecule has 0 atom stereocenters. The molecule has 2 rings (SSSR count). The second-order valence-electron chi connectivity index (χ2n) is 4.73. The lowest BCUT2D eigenvalue weighted by Gasteiger charge is -2.12. The molecule has 0 spiro atoms. The highest BCUT2D eigenvalue weighted by Gasteiger charge is 2.22. The molecule has 128 valence electrons. The number of nitrogens with zero attached hydrogens (tertiary/aromatic N) is 1. The highest BCUT2D eigenvalue weighted by Crippen LogP contribution is 2.28. The maximum atomic E-state index is 12.5. The molecule has 2 aromatic carbocycles. The second kappa shape index (κ2) is 7.28. The van der Waals surface area contributed by atoms with Crippen molar-refractivity contribution in [3.8, 4) is 11.5 Å². The van der Waals surface area contributed by atoms with Crippen molar-refractivity contribution in [2.45, 2.75) is 11.4 Å². The van der Waals surface area contributed by atoms with Crippen molar-refractivity contribution in [3.63, 3.8) is 0 Å². The van der Waals surface area contributed by atoms with E-state index in [2.05, 4.69) is 4.72 Å². The first-order valence-corrected chi connectivity index (χ1v) is 8.31. The highest BCUT2D eigenvalue weighted by molar-refractivity contribution is 7.89. The van der Waals surface area contributed by atoms with Gasteiger partial charge in [0.15, 0.2) is 0 Å². The van der Waals surface area contributed by atoms with Gasteiger partial charge in [-0.25, -0.2) is 13.1 Å². The molecule has 0 aromatic heterocycles. The van der Waals surface area contributed by atoms with Gasteiger partial charge in [-0.05, 0) is 12.1 Å². The summed E-state index contributed by atoms with van der Waals surface area (Å²) in [7, 11) is -1.18. The van der Waals surface area contributed by atoms with Crippen LogP contribution in [0.15, 0.2) is 47.4 Å². The highest BCUT2D eigenvalue weighted by atomic mass is 32.2. The van der Waals surface area contributed by atoms with Crippen LogP contribution in [-0.4, -0.2) is 27.6 Å². The van der Waals surface area contributed by atoms with Crippen molar-refractivity contribution in [2.24, 2.45) is 0 Å². The van der Waals surface area contributed by atoms with Crippen molar-refractivity contribution in [2.75, 3.05) is 14.2 Å². The van der Waals surface area contributed by atoms with E-state index in [1.807, 2.05) is 0 Å². The number of benzene rings is 2. The van der Waals surface area contributed by atoms with Gasteiger partial charge in [-0.1, -0.05) is 18.2 Å². The van der Waals surface area contributed by atoms with Gasteiger partial charge >= 0.3 is 0 Å². The molecule has 0 radical (unpaired) electrons. The first kappa shape index (κ1) is 17.7. The average molecular weight is 352 g/mol. The molecule has 24 heavy (non-hydrogen) atoms. The molecule has 0 saturated heterocycles. The standard InChI is InChI=1S/C15H16N2O6S/c1-22-13-6-4-3-5-11(13)10-16-24(20,21)15-8-7-12(17(18)19)9-14(15)23-2/h3-9,16H,10H2,1-2H3. The molecule has 0 bridgehead atoms. The zero-order valence-electron chi connectivity index (χ0n) is 13.1. The lowest BCUT2D eigenvalue weighted by atomic mass is 10.2. The van der Waals surface area contributed by atoms with Crippen molar-refractivity contribution < 1.29 is 22.8 Å². The van der Waals surface area contributed by atoms with E-state index in [0.29, 0.717) is 11.3 Å². The molecular weight excluding hydrogens is 336 g/mol. The Kier molecular flexibility index (Phi) is 5.37. The summed E-state index contributed by atoms with van der Waals surface area (Å²) in [6, 6.07) is 10.3. The molecule has 0 aliphatic rings. The number of sulfonamides is 1. The van der Waals surface area contributed by atoms with Crippen LogP contribution in [0.2, 0.25) is 0 Å². The lowest BCUT2D eigenvalue weighted by molar-refractivity contribution is -0.385. The Hall–Kier alpha value is -2.65. The smallest absolute Gasteiger partial charge is 0.273 e. The molecule has 0 aliphatic heterocycles. The summed E-state index contributed by atoms with van der Waals surface area (Å²) in [4.78, 5) is 9.98. The predicted octanol–water partition coefficient (Wildman–Crippen LogP) is 2.09. The van der Waals surface area contributed by atoms with Crippen molar-refractivity contribution in [1.29, 1.82) is 0 Å². The topological polar surface area (TPSA) is 108 Å². The molecule has 0 unspecified atom stereocenters. The SMILES string of the molecule is COc1ccccc1CNS(=O)(=O)c1ccc([N+](=O)[O-])cc1OC. The fourth-order valence-corrected chi connectivity index (χ4v) is 3.25. The van der Waals surface area contributed by atoms with Crippen LogP contribution in [-0.2, 0) is 16.6 Å². The summed E-state index contributed by atoms with van der Waals surface area (Å²) in [5.74, 6) is 0.451. The minimum Gasteiger partial charge on any atom is -0.496 e. The molecule has 8 nitrogen and oxygen atoms in total. The third-order valence-electron chi connectivity index (χ3n) is 3.29. The summed E-state index contributed by atoms with van der Waals surface area (Å²) in [6.07, 6.45) is 0. The molecule has 0 fully saturated rings. The van der Waals surface area contributed by atoms with Crippen molar-refractivity contribution in [1.82, 2.24) is 4.72 Å². The Morgan fingerprint density at radius 3 is 2.38 bits per heavy atom. The molecule has 0 aliphatic carbocycles. The zero-order valence-corrected chi connectivity index (χ0v) is 13.9. The summed E-state index contributed by atoms with van der Waals surface area (Å²) in [5, 5.41) is 10.8. The Morgan fingerprint density at radius 2 is 1.75 bits per heavy atom. The van der Waals surface area contributed by atoms with Crippen LogP contribution < -0.4 is 14.2 Å². The van der Waals surface area contributed by atoms with E-state index in [0.717, 1.165) is 18.2 Å². The van der Waals surface area contributed by atoms with Gasteiger partial charge in [0.25, 0.3) is 5.69 Å². The maximum Gasteiger partial charge on any atom is 0.273 e. The number of methoxy groups -OCH3 is 2. The number of nitro groups is 1. The average Bonchev–Trinajstić information content (AvgIpc) is 2.59. The number of para-hydroxylation sites is 1. The summed E-state index contributed by atoms with van der Waals surface area (Å²) in [5.41, 5.74) is 0.403. The van der Waals surface area contributed by atoms with Gasteiger partial charge in [0.05, 0.1) is 25.2 Å². The fraction of sp³-hybridized carbons (Fsp3) is 0.200. The number of hydrogen-bond acceptors (Lipinski definition) is 6. The van der Waals surface area contributed by atoms with Crippen LogP contribution in [0, 0.1) is 10.1 Å². The van der Waals surface area contributed by atoms with Gasteiger partial charge < -0.3 is 9.47 Å².